The number of benzene rings is 1. The quantitative estimate of drug-likeness (QED) is 0.802. The van der Waals surface area contributed by atoms with Gasteiger partial charge >= 0.3 is 6.03 Å². The molecule has 2 aliphatic carbocycles. The maximum atomic E-state index is 12.2. The summed E-state index contributed by atoms with van der Waals surface area (Å²) in [5, 5.41) is 15.6. The smallest absolute Gasteiger partial charge is 0.315 e. The van der Waals surface area contributed by atoms with Crippen molar-refractivity contribution in [3.05, 3.63) is 29.3 Å². The summed E-state index contributed by atoms with van der Waals surface area (Å²) in [6.07, 6.45) is 4.89. The van der Waals surface area contributed by atoms with Crippen LogP contribution >= 0.6 is 0 Å². The molecule has 5 nitrogen and oxygen atoms in total. The number of fused-ring (bicyclic) bond motifs is 1. The van der Waals surface area contributed by atoms with Crippen molar-refractivity contribution in [2.45, 2.75) is 56.7 Å². The second-order valence-corrected chi connectivity index (χ2v) is 6.24. The van der Waals surface area contributed by atoms with E-state index in [-0.39, 0.29) is 24.2 Å². The lowest BCUT2D eigenvalue weighted by Gasteiger charge is -2.27. The molecule has 0 heterocycles. The summed E-state index contributed by atoms with van der Waals surface area (Å²) in [7, 11) is 1.68. The summed E-state index contributed by atoms with van der Waals surface area (Å²) in [6, 6.07) is 6.12. The van der Waals surface area contributed by atoms with Crippen LogP contribution in [0.1, 0.15) is 49.3 Å². The van der Waals surface area contributed by atoms with E-state index in [9.17, 15) is 9.90 Å². The van der Waals surface area contributed by atoms with Crippen LogP contribution in [0.3, 0.4) is 0 Å². The second kappa shape index (κ2) is 6.57. The van der Waals surface area contributed by atoms with Crippen LogP contribution in [0.4, 0.5) is 4.79 Å². The van der Waals surface area contributed by atoms with Gasteiger partial charge in [0, 0.05) is 6.04 Å². The molecule has 2 aliphatic rings. The molecular weight excluding hydrogens is 280 g/mol. The lowest BCUT2D eigenvalue weighted by molar-refractivity contribution is 0.117. The zero-order valence-electron chi connectivity index (χ0n) is 13.0. The third-order valence-electron chi connectivity index (χ3n) is 4.78. The highest BCUT2D eigenvalue weighted by Gasteiger charge is 2.27. The maximum absolute atomic E-state index is 12.2. The van der Waals surface area contributed by atoms with Crippen LogP contribution < -0.4 is 15.4 Å². The van der Waals surface area contributed by atoms with Gasteiger partial charge in [-0.25, -0.2) is 4.79 Å². The number of amides is 2. The average molecular weight is 304 g/mol. The minimum Gasteiger partial charge on any atom is -0.496 e. The molecule has 0 spiro atoms. The summed E-state index contributed by atoms with van der Waals surface area (Å²) in [4.78, 5) is 12.2. The first-order chi connectivity index (χ1) is 10.7. The predicted molar refractivity (Wildman–Crippen MR) is 84.0 cm³/mol. The highest BCUT2D eigenvalue weighted by Crippen LogP contribution is 2.36. The Kier molecular flexibility index (Phi) is 4.52. The molecular formula is C17H24N2O3. The van der Waals surface area contributed by atoms with Crippen LogP contribution in [0.25, 0.3) is 0 Å². The summed E-state index contributed by atoms with van der Waals surface area (Å²) < 4.78 is 5.39. The van der Waals surface area contributed by atoms with Gasteiger partial charge in [-0.15, -0.1) is 0 Å². The van der Waals surface area contributed by atoms with E-state index in [1.807, 2.05) is 12.1 Å². The highest BCUT2D eigenvalue weighted by atomic mass is 16.5. The number of aliphatic hydroxyl groups is 1. The summed E-state index contributed by atoms with van der Waals surface area (Å²) in [5.74, 6) is 0.906. The number of hydrogen-bond donors (Lipinski definition) is 3. The molecule has 3 N–H and O–H groups in total. The van der Waals surface area contributed by atoms with Crippen LogP contribution in [0.15, 0.2) is 18.2 Å². The van der Waals surface area contributed by atoms with E-state index < -0.39 is 0 Å². The van der Waals surface area contributed by atoms with Gasteiger partial charge < -0.3 is 20.5 Å². The molecule has 0 saturated heterocycles. The van der Waals surface area contributed by atoms with Gasteiger partial charge in [0.2, 0.25) is 0 Å². The van der Waals surface area contributed by atoms with Crippen molar-refractivity contribution in [2.75, 3.05) is 7.11 Å². The van der Waals surface area contributed by atoms with Crippen LogP contribution in [0, 0.1) is 0 Å². The normalized spacial score (nSPS) is 27.1. The van der Waals surface area contributed by atoms with Gasteiger partial charge in [-0.2, -0.15) is 0 Å². The van der Waals surface area contributed by atoms with Crippen LogP contribution in [-0.4, -0.2) is 30.4 Å². The molecule has 1 aromatic carbocycles. The molecule has 2 amide bonds. The Balaban J connectivity index is 1.58. The largest absolute Gasteiger partial charge is 0.496 e. The summed E-state index contributed by atoms with van der Waals surface area (Å²) in [5.41, 5.74) is 2.37. The number of urea groups is 1. The molecule has 0 radical (unpaired) electrons. The molecule has 1 saturated carbocycles. The van der Waals surface area contributed by atoms with Crippen LogP contribution in [0.5, 0.6) is 5.75 Å². The zero-order chi connectivity index (χ0) is 15.5. The Morgan fingerprint density at radius 3 is 2.68 bits per heavy atom. The number of hydrogen-bond acceptors (Lipinski definition) is 3. The van der Waals surface area contributed by atoms with Gasteiger partial charge in [-0.1, -0.05) is 12.1 Å². The zero-order valence-corrected chi connectivity index (χ0v) is 13.0. The van der Waals surface area contributed by atoms with Gasteiger partial charge in [0.25, 0.3) is 0 Å². The molecule has 1 aromatic rings. The molecule has 0 aromatic heterocycles. The standard InChI is InChI=1S/C17H24N2O3/c1-22-16-4-2-3-13-14(16)9-10-15(13)19-17(21)18-11-5-7-12(20)8-6-11/h2-4,11-12,15,20H,5-10H2,1H3,(H2,18,19,21). The molecule has 0 bridgehead atoms. The first-order valence-corrected chi connectivity index (χ1v) is 8.08. The SMILES string of the molecule is COc1cccc2c1CCC2NC(=O)NC1CCC(O)CC1. The Morgan fingerprint density at radius 2 is 1.95 bits per heavy atom. The van der Waals surface area contributed by atoms with E-state index in [1.54, 1.807) is 7.11 Å². The van der Waals surface area contributed by atoms with Crippen molar-refractivity contribution < 1.29 is 14.6 Å². The topological polar surface area (TPSA) is 70.6 Å². The molecule has 3 rings (SSSR count). The highest BCUT2D eigenvalue weighted by molar-refractivity contribution is 5.75. The van der Waals surface area contributed by atoms with Crippen molar-refractivity contribution in [1.29, 1.82) is 0 Å². The third-order valence-corrected chi connectivity index (χ3v) is 4.78. The fraction of sp³-hybridized carbons (Fsp3) is 0.588. The Morgan fingerprint density at radius 1 is 1.18 bits per heavy atom. The summed E-state index contributed by atoms with van der Waals surface area (Å²) in [6.45, 7) is 0. The number of rotatable bonds is 3. The van der Waals surface area contributed by atoms with E-state index >= 15 is 0 Å². The fourth-order valence-electron chi connectivity index (χ4n) is 3.57. The van der Waals surface area contributed by atoms with Crippen molar-refractivity contribution in [2.24, 2.45) is 0 Å². The molecule has 22 heavy (non-hydrogen) atoms. The summed E-state index contributed by atoms with van der Waals surface area (Å²) >= 11 is 0. The first kappa shape index (κ1) is 15.2. The van der Waals surface area contributed by atoms with Gasteiger partial charge in [0.15, 0.2) is 0 Å². The minimum absolute atomic E-state index is 0.0549. The predicted octanol–water partition coefficient (Wildman–Crippen LogP) is 2.29. The second-order valence-electron chi connectivity index (χ2n) is 6.24. The van der Waals surface area contributed by atoms with Crippen molar-refractivity contribution >= 4 is 6.03 Å². The number of methoxy groups -OCH3 is 1. The minimum atomic E-state index is -0.199. The van der Waals surface area contributed by atoms with Gasteiger partial charge in [0.1, 0.15) is 5.75 Å². The Hall–Kier alpha value is -1.75. The molecule has 1 unspecified atom stereocenters. The fourth-order valence-corrected chi connectivity index (χ4v) is 3.57. The van der Waals surface area contributed by atoms with Crippen molar-refractivity contribution in [3.8, 4) is 5.75 Å². The number of nitrogens with one attached hydrogen (secondary N) is 2. The van der Waals surface area contributed by atoms with Gasteiger partial charge in [-0.05, 0) is 55.7 Å². The molecule has 120 valence electrons. The maximum Gasteiger partial charge on any atom is 0.315 e. The lowest BCUT2D eigenvalue weighted by Crippen LogP contribution is -2.45. The van der Waals surface area contributed by atoms with E-state index in [2.05, 4.69) is 16.7 Å². The molecule has 5 heteroatoms. The Bertz CT molecular complexity index is 539. The lowest BCUT2D eigenvalue weighted by atomic mass is 9.93. The molecule has 1 atom stereocenters. The number of carbonyl (C=O) groups excluding carboxylic acids is 1. The van der Waals surface area contributed by atoms with Crippen molar-refractivity contribution in [1.82, 2.24) is 10.6 Å². The number of aliphatic hydroxyl groups excluding tert-OH is 1. The third kappa shape index (κ3) is 3.19. The molecule has 1 fully saturated rings. The van der Waals surface area contributed by atoms with Gasteiger partial charge in [0.05, 0.1) is 19.3 Å². The Labute approximate surface area is 131 Å². The van der Waals surface area contributed by atoms with E-state index in [1.165, 1.54) is 5.56 Å². The molecule has 0 aliphatic heterocycles. The van der Waals surface area contributed by atoms with E-state index in [0.717, 1.165) is 49.8 Å². The van der Waals surface area contributed by atoms with Crippen LogP contribution in [0.2, 0.25) is 0 Å². The first-order valence-electron chi connectivity index (χ1n) is 8.08. The van der Waals surface area contributed by atoms with Crippen LogP contribution in [-0.2, 0) is 6.42 Å². The average Bonchev–Trinajstić information content (AvgIpc) is 2.92. The van der Waals surface area contributed by atoms with Gasteiger partial charge in [-0.3, -0.25) is 0 Å². The van der Waals surface area contributed by atoms with E-state index in [4.69, 9.17) is 4.74 Å². The van der Waals surface area contributed by atoms with Crippen molar-refractivity contribution in [3.63, 3.8) is 0 Å². The number of carbonyl (C=O) groups is 1. The van der Waals surface area contributed by atoms with E-state index in [0.29, 0.717) is 0 Å². The monoisotopic (exact) mass is 304 g/mol. The number of ether oxygens (including phenoxy) is 1.